The van der Waals surface area contributed by atoms with E-state index in [1.165, 1.54) is 0 Å². The van der Waals surface area contributed by atoms with Gasteiger partial charge in [-0.05, 0) is 43.2 Å². The van der Waals surface area contributed by atoms with Gasteiger partial charge in [-0.3, -0.25) is 4.79 Å². The van der Waals surface area contributed by atoms with Gasteiger partial charge in [-0.25, -0.2) is 4.68 Å². The molecule has 8 heteroatoms. The van der Waals surface area contributed by atoms with Crippen LogP contribution in [0.1, 0.15) is 23.2 Å². The molecule has 0 radical (unpaired) electrons. The Bertz CT molecular complexity index is 884. The summed E-state index contributed by atoms with van der Waals surface area (Å²) in [7, 11) is 1.84. The zero-order valence-electron chi connectivity index (χ0n) is 14.0. The maximum absolute atomic E-state index is 12.7. The third-order valence-electron chi connectivity index (χ3n) is 4.56. The van der Waals surface area contributed by atoms with Crippen molar-refractivity contribution in [3.05, 3.63) is 42.1 Å². The lowest BCUT2D eigenvalue weighted by Gasteiger charge is -2.32. The minimum absolute atomic E-state index is 0.0468. The smallest absolute Gasteiger partial charge is 0.253 e. The SMILES string of the molecule is Cn1nnc2cc(C(=O)N3CCC(Nc4cccnn4)CC3)ccc21. The van der Waals surface area contributed by atoms with Gasteiger partial charge in [-0.2, -0.15) is 5.10 Å². The Hall–Kier alpha value is -3.03. The Morgan fingerprint density at radius 1 is 1.20 bits per heavy atom. The van der Waals surface area contributed by atoms with Gasteiger partial charge in [0, 0.05) is 37.9 Å². The highest BCUT2D eigenvalue weighted by Gasteiger charge is 2.24. The predicted molar refractivity (Wildman–Crippen MR) is 93.1 cm³/mol. The van der Waals surface area contributed by atoms with Crippen LogP contribution in [0.2, 0.25) is 0 Å². The number of amides is 1. The number of likely N-dealkylation sites (tertiary alicyclic amines) is 1. The molecule has 1 amide bonds. The normalized spacial score (nSPS) is 15.5. The van der Waals surface area contributed by atoms with Crippen LogP contribution >= 0.6 is 0 Å². The molecule has 1 fully saturated rings. The fourth-order valence-corrected chi connectivity index (χ4v) is 3.17. The van der Waals surface area contributed by atoms with E-state index in [2.05, 4.69) is 25.8 Å². The summed E-state index contributed by atoms with van der Waals surface area (Å²) in [5, 5.41) is 19.4. The summed E-state index contributed by atoms with van der Waals surface area (Å²) in [5.74, 6) is 0.825. The number of carbonyl (C=O) groups excluding carboxylic acids is 1. The van der Waals surface area contributed by atoms with E-state index in [9.17, 15) is 4.79 Å². The monoisotopic (exact) mass is 337 g/mol. The first kappa shape index (κ1) is 15.5. The average molecular weight is 337 g/mol. The molecule has 1 aromatic carbocycles. The number of fused-ring (bicyclic) bond motifs is 1. The van der Waals surface area contributed by atoms with Crippen molar-refractivity contribution in [1.82, 2.24) is 30.1 Å². The summed E-state index contributed by atoms with van der Waals surface area (Å²) in [5.41, 5.74) is 2.32. The van der Waals surface area contributed by atoms with Gasteiger partial charge in [0.1, 0.15) is 11.3 Å². The van der Waals surface area contributed by atoms with Crippen LogP contribution in [0.25, 0.3) is 11.0 Å². The molecule has 2 aromatic heterocycles. The number of aromatic nitrogens is 5. The number of rotatable bonds is 3. The molecule has 128 valence electrons. The molecule has 0 unspecified atom stereocenters. The third-order valence-corrected chi connectivity index (χ3v) is 4.56. The van der Waals surface area contributed by atoms with Crippen LogP contribution in [0.3, 0.4) is 0 Å². The van der Waals surface area contributed by atoms with Crippen LogP contribution in [0.4, 0.5) is 5.82 Å². The van der Waals surface area contributed by atoms with Crippen LogP contribution in [0, 0.1) is 0 Å². The van der Waals surface area contributed by atoms with Crippen LogP contribution in [0.15, 0.2) is 36.5 Å². The summed E-state index contributed by atoms with van der Waals surface area (Å²) in [4.78, 5) is 14.6. The maximum Gasteiger partial charge on any atom is 0.253 e. The molecule has 8 nitrogen and oxygen atoms in total. The van der Waals surface area contributed by atoms with E-state index in [0.29, 0.717) is 11.6 Å². The van der Waals surface area contributed by atoms with Gasteiger partial charge in [0.05, 0.1) is 5.52 Å². The summed E-state index contributed by atoms with van der Waals surface area (Å²) in [6.07, 6.45) is 3.42. The van der Waals surface area contributed by atoms with Gasteiger partial charge >= 0.3 is 0 Å². The molecule has 3 heterocycles. The van der Waals surface area contributed by atoms with Crippen molar-refractivity contribution in [2.75, 3.05) is 18.4 Å². The quantitative estimate of drug-likeness (QED) is 0.779. The molecule has 4 rings (SSSR count). The van der Waals surface area contributed by atoms with Gasteiger partial charge in [-0.15, -0.1) is 10.2 Å². The fourth-order valence-electron chi connectivity index (χ4n) is 3.17. The van der Waals surface area contributed by atoms with Crippen LogP contribution in [-0.2, 0) is 7.05 Å². The summed E-state index contributed by atoms with van der Waals surface area (Å²) in [6.45, 7) is 1.44. The maximum atomic E-state index is 12.7. The number of benzene rings is 1. The number of aryl methyl sites for hydroxylation is 1. The lowest BCUT2D eigenvalue weighted by atomic mass is 10.0. The van der Waals surface area contributed by atoms with Crippen molar-refractivity contribution in [2.45, 2.75) is 18.9 Å². The Morgan fingerprint density at radius 2 is 2.04 bits per heavy atom. The number of hydrogen-bond donors (Lipinski definition) is 1. The summed E-state index contributed by atoms with van der Waals surface area (Å²) >= 11 is 0. The van der Waals surface area contributed by atoms with Crippen molar-refractivity contribution in [2.24, 2.45) is 7.05 Å². The van der Waals surface area contributed by atoms with Crippen molar-refractivity contribution >= 4 is 22.8 Å². The molecule has 1 aliphatic rings. The van der Waals surface area contributed by atoms with Gasteiger partial charge in [0.15, 0.2) is 0 Å². The topological polar surface area (TPSA) is 88.8 Å². The molecule has 0 aliphatic carbocycles. The Balaban J connectivity index is 1.40. The van der Waals surface area contributed by atoms with Crippen molar-refractivity contribution in [3.8, 4) is 0 Å². The van der Waals surface area contributed by atoms with Crippen LogP contribution in [0.5, 0.6) is 0 Å². The standard InChI is InChI=1S/C17H19N7O/c1-23-15-5-4-12(11-14(15)20-22-23)17(25)24-9-6-13(7-10-24)19-16-3-2-8-18-21-16/h2-5,8,11,13H,6-7,9-10H2,1H3,(H,19,21). The summed E-state index contributed by atoms with van der Waals surface area (Å²) < 4.78 is 1.70. The fraction of sp³-hybridized carbons (Fsp3) is 0.353. The lowest BCUT2D eigenvalue weighted by Crippen LogP contribution is -2.42. The van der Waals surface area contributed by atoms with Crippen LogP contribution < -0.4 is 5.32 Å². The Labute approximate surface area is 144 Å². The van der Waals surface area contributed by atoms with E-state index in [1.54, 1.807) is 10.9 Å². The number of hydrogen-bond acceptors (Lipinski definition) is 6. The average Bonchev–Trinajstić information content (AvgIpc) is 3.03. The first-order chi connectivity index (χ1) is 12.2. The molecule has 1 N–H and O–H groups in total. The van der Waals surface area contributed by atoms with Gasteiger partial charge in [0.2, 0.25) is 0 Å². The number of carbonyl (C=O) groups is 1. The molecular weight excluding hydrogens is 318 g/mol. The third kappa shape index (κ3) is 3.15. The number of nitrogens with zero attached hydrogens (tertiary/aromatic N) is 6. The zero-order valence-corrected chi connectivity index (χ0v) is 14.0. The number of nitrogens with one attached hydrogen (secondary N) is 1. The zero-order chi connectivity index (χ0) is 17.2. The highest BCUT2D eigenvalue weighted by Crippen LogP contribution is 2.19. The first-order valence-corrected chi connectivity index (χ1v) is 8.33. The molecule has 0 saturated carbocycles. The van der Waals surface area contributed by atoms with Crippen molar-refractivity contribution < 1.29 is 4.79 Å². The number of piperidine rings is 1. The number of anilines is 1. The minimum atomic E-state index is 0.0468. The van der Waals surface area contributed by atoms with E-state index in [0.717, 1.165) is 42.8 Å². The summed E-state index contributed by atoms with van der Waals surface area (Å²) in [6, 6.07) is 9.62. The second-order valence-electron chi connectivity index (χ2n) is 6.24. The Kier molecular flexibility index (Phi) is 4.01. The molecule has 0 bridgehead atoms. The predicted octanol–water partition coefficient (Wildman–Crippen LogP) is 1.47. The van der Waals surface area contributed by atoms with Gasteiger partial charge in [0.25, 0.3) is 5.91 Å². The molecule has 0 spiro atoms. The Morgan fingerprint density at radius 3 is 2.80 bits per heavy atom. The molecule has 1 saturated heterocycles. The van der Waals surface area contributed by atoms with Gasteiger partial charge in [-0.1, -0.05) is 5.21 Å². The van der Waals surface area contributed by atoms with E-state index >= 15 is 0 Å². The van der Waals surface area contributed by atoms with E-state index < -0.39 is 0 Å². The minimum Gasteiger partial charge on any atom is -0.366 e. The first-order valence-electron chi connectivity index (χ1n) is 8.33. The molecule has 3 aromatic rings. The molecule has 25 heavy (non-hydrogen) atoms. The highest BCUT2D eigenvalue weighted by molar-refractivity contribution is 5.97. The van der Waals surface area contributed by atoms with Crippen molar-refractivity contribution in [3.63, 3.8) is 0 Å². The van der Waals surface area contributed by atoms with Gasteiger partial charge < -0.3 is 10.2 Å². The molecule has 1 aliphatic heterocycles. The molecular formula is C17H19N7O. The van der Waals surface area contributed by atoms with E-state index in [4.69, 9.17) is 0 Å². The second-order valence-corrected chi connectivity index (χ2v) is 6.24. The second kappa shape index (κ2) is 6.46. The molecule has 0 atom stereocenters. The van der Waals surface area contributed by atoms with Crippen LogP contribution in [-0.4, -0.2) is 55.1 Å². The van der Waals surface area contributed by atoms with E-state index in [-0.39, 0.29) is 5.91 Å². The lowest BCUT2D eigenvalue weighted by molar-refractivity contribution is 0.0718. The largest absolute Gasteiger partial charge is 0.366 e. The highest BCUT2D eigenvalue weighted by atomic mass is 16.2. The van der Waals surface area contributed by atoms with E-state index in [1.807, 2.05) is 42.3 Å². The van der Waals surface area contributed by atoms with Crippen molar-refractivity contribution in [1.29, 1.82) is 0 Å².